The zero-order valence-corrected chi connectivity index (χ0v) is 31.1. The summed E-state index contributed by atoms with van der Waals surface area (Å²) in [6.45, 7) is 5.39. The molecule has 53 heavy (non-hydrogen) atoms. The first-order valence-corrected chi connectivity index (χ1v) is 18.6. The van der Waals surface area contributed by atoms with Gasteiger partial charge in [0, 0.05) is 62.3 Å². The lowest BCUT2D eigenvalue weighted by atomic mass is 9.68. The van der Waals surface area contributed by atoms with Gasteiger partial charge in [-0.25, -0.2) is 14.6 Å². The Kier molecular flexibility index (Phi) is 10.8. The Bertz CT molecular complexity index is 2010. The number of rotatable bonds is 10. The van der Waals surface area contributed by atoms with E-state index < -0.39 is 0 Å². The van der Waals surface area contributed by atoms with Crippen LogP contribution in [0.15, 0.2) is 53.9 Å². The monoisotopic (exact) mass is 739 g/mol. The number of nitrogens with zero attached hydrogens (tertiary/aromatic N) is 9. The van der Waals surface area contributed by atoms with Gasteiger partial charge in [-0.3, -0.25) is 20.0 Å². The third-order valence-electron chi connectivity index (χ3n) is 11.2. The summed E-state index contributed by atoms with van der Waals surface area (Å²) in [6.07, 6.45) is 10.3. The largest absolute Gasteiger partial charge is 0.493 e. The van der Waals surface area contributed by atoms with Crippen molar-refractivity contribution < 1.29 is 14.3 Å². The Morgan fingerprint density at radius 3 is 2.58 bits per heavy atom. The average molecular weight is 740 g/mol. The van der Waals surface area contributed by atoms with E-state index in [0.717, 1.165) is 85.5 Å². The molecule has 1 amide bonds. The minimum Gasteiger partial charge on any atom is -0.493 e. The number of ether oxygens (including phenoxy) is 2. The quantitative estimate of drug-likeness (QED) is 0.0797. The number of guanidine groups is 1. The number of halogens is 1. The smallest absolute Gasteiger partial charge is 0.225 e. The molecule has 1 spiro atoms. The Morgan fingerprint density at radius 2 is 1.85 bits per heavy atom. The molecule has 0 bridgehead atoms. The van der Waals surface area contributed by atoms with Crippen LogP contribution >= 0.6 is 11.6 Å². The van der Waals surface area contributed by atoms with Crippen LogP contribution in [0.3, 0.4) is 0 Å². The van der Waals surface area contributed by atoms with E-state index in [2.05, 4.69) is 47.3 Å². The molecule has 3 N–H and O–H groups in total. The number of aliphatic imine (C=N–C) groups is 1. The molecule has 0 atom stereocenters. The molecular formula is C38H46ClN11O3. The molecule has 278 valence electrons. The highest BCUT2D eigenvalue weighted by molar-refractivity contribution is 6.31. The van der Waals surface area contributed by atoms with E-state index >= 15 is 0 Å². The number of methoxy groups -OCH3 is 2. The topological polar surface area (TPSA) is 163 Å². The number of nitrogens with one attached hydrogen (secondary N) is 1. The number of hydrogen-bond donors (Lipinski definition) is 2. The minimum atomic E-state index is -0.225. The second kappa shape index (κ2) is 15.9. The summed E-state index contributed by atoms with van der Waals surface area (Å²) in [5, 5.41) is 17.4. The van der Waals surface area contributed by atoms with Gasteiger partial charge in [0.05, 0.1) is 32.3 Å². The molecule has 7 rings (SSSR count). The fourth-order valence-corrected chi connectivity index (χ4v) is 8.64. The molecular weight excluding hydrogens is 694 g/mol. The first-order chi connectivity index (χ1) is 25.8. The van der Waals surface area contributed by atoms with E-state index in [9.17, 15) is 4.79 Å². The highest BCUT2D eigenvalue weighted by Crippen LogP contribution is 2.50. The predicted octanol–water partition coefficient (Wildman–Crippen LogP) is 3.91. The maximum atomic E-state index is 14.1. The van der Waals surface area contributed by atoms with Gasteiger partial charge in [0.25, 0.3) is 0 Å². The molecule has 1 aliphatic carbocycles. The van der Waals surface area contributed by atoms with Crippen LogP contribution in [-0.2, 0) is 23.3 Å². The maximum absolute atomic E-state index is 14.1. The first-order valence-electron chi connectivity index (χ1n) is 18.2. The fraction of sp³-hybridized carbons (Fsp3) is 0.474. The average Bonchev–Trinajstić information content (AvgIpc) is 3.60. The second-order valence-corrected chi connectivity index (χ2v) is 14.3. The highest BCUT2D eigenvalue weighted by Gasteiger charge is 2.47. The van der Waals surface area contributed by atoms with Gasteiger partial charge in [0.1, 0.15) is 12.1 Å². The Morgan fingerprint density at radius 1 is 1.09 bits per heavy atom. The fourth-order valence-electron chi connectivity index (χ4n) is 8.45. The van der Waals surface area contributed by atoms with Crippen molar-refractivity contribution in [1.82, 2.24) is 34.9 Å². The van der Waals surface area contributed by atoms with Crippen LogP contribution in [0.2, 0.25) is 5.02 Å². The molecule has 2 aromatic carbocycles. The number of benzene rings is 2. The van der Waals surface area contributed by atoms with Crippen molar-refractivity contribution in [2.75, 3.05) is 64.9 Å². The third-order valence-corrected chi connectivity index (χ3v) is 11.5. The van der Waals surface area contributed by atoms with Gasteiger partial charge in [0.15, 0.2) is 23.3 Å². The summed E-state index contributed by atoms with van der Waals surface area (Å²) in [5.41, 5.74) is 9.82. The zero-order valence-electron chi connectivity index (χ0n) is 30.3. The van der Waals surface area contributed by atoms with Crippen LogP contribution < -0.4 is 25.4 Å². The number of fused-ring (bicyclic) bond motifs is 3. The van der Waals surface area contributed by atoms with E-state index in [4.69, 9.17) is 32.1 Å². The van der Waals surface area contributed by atoms with Crippen molar-refractivity contribution >= 4 is 40.3 Å². The van der Waals surface area contributed by atoms with Gasteiger partial charge in [-0.15, -0.1) is 0 Å². The van der Waals surface area contributed by atoms with Crippen LogP contribution in [0.1, 0.15) is 48.8 Å². The molecule has 14 nitrogen and oxygen atoms in total. The van der Waals surface area contributed by atoms with Crippen LogP contribution in [0.4, 0.5) is 5.82 Å². The summed E-state index contributed by atoms with van der Waals surface area (Å²) in [5.74, 6) is 2.64. The number of carbonyl (C=O) groups is 1. The number of carbonyl (C=O) groups excluding carboxylic acids is 1. The molecule has 15 heteroatoms. The standard InChI is InChI=1S/C38H46ClN11O3/c1-52-32-20-27-10-15-49(14-5-13-42-37(41)43-24-40)38(30(27)21-33(32)53-2)11-8-26(9-12-38)36(51)48-18-16-47(17-19-48)34-29-22-46-50(35(29)45-25-44-34)23-28-6-3-4-7-31(28)39/h3-4,6-7,20-22,25-26H,5,8-19,23H2,1-2H3,(H3,41,42,43). The lowest BCUT2D eigenvalue weighted by Crippen LogP contribution is -2.55. The number of anilines is 1. The number of hydrogen-bond acceptors (Lipinski definition) is 10. The highest BCUT2D eigenvalue weighted by atomic mass is 35.5. The van der Waals surface area contributed by atoms with Crippen LogP contribution in [0, 0.1) is 17.4 Å². The van der Waals surface area contributed by atoms with Gasteiger partial charge >= 0.3 is 0 Å². The molecule has 0 unspecified atom stereocenters. The Hall–Kier alpha value is -5.13. The summed E-state index contributed by atoms with van der Waals surface area (Å²) in [4.78, 5) is 34.4. The van der Waals surface area contributed by atoms with Crippen LogP contribution in [0.25, 0.3) is 11.0 Å². The predicted molar refractivity (Wildman–Crippen MR) is 203 cm³/mol. The summed E-state index contributed by atoms with van der Waals surface area (Å²) in [6, 6.07) is 12.0. The van der Waals surface area contributed by atoms with Gasteiger partial charge < -0.3 is 25.0 Å². The van der Waals surface area contributed by atoms with Gasteiger partial charge in [-0.05, 0) is 73.4 Å². The normalized spacial score (nSPS) is 20.6. The molecule has 2 aromatic heterocycles. The van der Waals surface area contributed by atoms with Crippen molar-refractivity contribution in [1.29, 1.82) is 5.26 Å². The molecule has 3 aliphatic rings. The Labute approximate surface area is 314 Å². The van der Waals surface area contributed by atoms with Crippen molar-refractivity contribution in [3.63, 3.8) is 0 Å². The SMILES string of the molecule is COc1cc2c(cc1OC)C1(CCC(C(=O)N3CCN(c4ncnc5c4cnn5Cc4ccccc4Cl)CC3)CC1)N(CCCN=C(N)NC#N)CC2. The first kappa shape index (κ1) is 36.2. The number of piperazine rings is 1. The van der Waals surface area contributed by atoms with Crippen LogP contribution in [0.5, 0.6) is 11.5 Å². The molecule has 1 saturated carbocycles. The lowest BCUT2D eigenvalue weighted by Gasteiger charge is -2.52. The van der Waals surface area contributed by atoms with Crippen molar-refractivity contribution in [3.05, 3.63) is 70.6 Å². The molecule has 2 aliphatic heterocycles. The van der Waals surface area contributed by atoms with E-state index in [1.165, 1.54) is 11.1 Å². The number of nitriles is 1. The van der Waals surface area contributed by atoms with Crippen LogP contribution in [-0.4, -0.2) is 101 Å². The molecule has 4 heterocycles. The van der Waals surface area contributed by atoms with E-state index in [0.29, 0.717) is 44.3 Å². The van der Waals surface area contributed by atoms with Crippen molar-refractivity contribution in [2.45, 2.75) is 50.6 Å². The Balaban J connectivity index is 1.02. The van der Waals surface area contributed by atoms with Crippen molar-refractivity contribution in [2.24, 2.45) is 16.6 Å². The van der Waals surface area contributed by atoms with E-state index in [-0.39, 0.29) is 23.3 Å². The molecule has 0 radical (unpaired) electrons. The van der Waals surface area contributed by atoms with Gasteiger partial charge in [-0.2, -0.15) is 10.4 Å². The maximum Gasteiger partial charge on any atom is 0.225 e. The van der Waals surface area contributed by atoms with Gasteiger partial charge in [-0.1, -0.05) is 29.8 Å². The lowest BCUT2D eigenvalue weighted by molar-refractivity contribution is -0.138. The number of amides is 1. The minimum absolute atomic E-state index is 0.0326. The number of nitrogens with two attached hydrogens (primary N) is 1. The zero-order chi connectivity index (χ0) is 37.0. The molecule has 4 aromatic rings. The van der Waals surface area contributed by atoms with Gasteiger partial charge in [0.2, 0.25) is 11.9 Å². The summed E-state index contributed by atoms with van der Waals surface area (Å²) >= 11 is 6.42. The third kappa shape index (κ3) is 7.28. The van der Waals surface area contributed by atoms with E-state index in [1.807, 2.05) is 46.2 Å². The number of aromatic nitrogens is 4. The summed E-state index contributed by atoms with van der Waals surface area (Å²) < 4.78 is 13.3. The molecule has 2 fully saturated rings. The van der Waals surface area contributed by atoms with E-state index in [1.54, 1.807) is 20.5 Å². The summed E-state index contributed by atoms with van der Waals surface area (Å²) in [7, 11) is 3.35. The second-order valence-electron chi connectivity index (χ2n) is 13.9. The molecule has 1 saturated heterocycles. The van der Waals surface area contributed by atoms with Crippen molar-refractivity contribution in [3.8, 4) is 17.7 Å².